The number of H-pyrrole nitrogens is 1. The van der Waals surface area contributed by atoms with Crippen molar-refractivity contribution in [2.45, 2.75) is 18.4 Å². The summed E-state index contributed by atoms with van der Waals surface area (Å²) in [6.45, 7) is 2.92. The third-order valence-corrected chi connectivity index (χ3v) is 4.09. The first kappa shape index (κ1) is 14.2. The zero-order valence-electron chi connectivity index (χ0n) is 12.2. The van der Waals surface area contributed by atoms with Gasteiger partial charge in [-0.15, -0.1) is 0 Å². The zero-order valence-corrected chi connectivity index (χ0v) is 12.2. The number of benzene rings is 1. The van der Waals surface area contributed by atoms with E-state index in [0.717, 1.165) is 37.5 Å². The monoisotopic (exact) mass is 289 g/mol. The Balaban J connectivity index is 1.78. The number of nitrogens with zero attached hydrogens (tertiary/aromatic N) is 2. The summed E-state index contributed by atoms with van der Waals surface area (Å²) < 4.78 is 19.2. The molecule has 1 atom stereocenters. The zero-order chi connectivity index (χ0) is 14.7. The Bertz CT molecular complexity index is 579. The molecule has 2 aromatic rings. The summed E-state index contributed by atoms with van der Waals surface area (Å²) in [5.41, 5.74) is 0.884. The third-order valence-electron chi connectivity index (χ3n) is 4.09. The number of aromatic amines is 1. The molecular formula is C16H20FN3O. The number of rotatable bonds is 5. The van der Waals surface area contributed by atoms with E-state index >= 15 is 0 Å². The Kier molecular flexibility index (Phi) is 4.03. The Morgan fingerprint density at radius 3 is 3.05 bits per heavy atom. The molecule has 1 N–H and O–H groups in total. The quantitative estimate of drug-likeness (QED) is 0.918. The number of aromatic nitrogens is 2. The van der Waals surface area contributed by atoms with Crippen LogP contribution >= 0.6 is 0 Å². The SMILES string of the molecule is CN(Cc1ncc[nH]1)C[C@@]1(c2cccc(F)c2)CCOC1. The van der Waals surface area contributed by atoms with Gasteiger partial charge in [0, 0.05) is 31.0 Å². The van der Waals surface area contributed by atoms with Gasteiger partial charge in [0.15, 0.2) is 0 Å². The number of likely N-dealkylation sites (N-methyl/N-ethyl adjacent to an activating group) is 1. The molecule has 0 amide bonds. The number of nitrogens with one attached hydrogen (secondary N) is 1. The smallest absolute Gasteiger partial charge is 0.123 e. The summed E-state index contributed by atoms with van der Waals surface area (Å²) in [4.78, 5) is 9.57. The van der Waals surface area contributed by atoms with Gasteiger partial charge in [-0.1, -0.05) is 12.1 Å². The van der Waals surface area contributed by atoms with Crippen molar-refractivity contribution in [2.75, 3.05) is 26.8 Å². The number of hydrogen-bond donors (Lipinski definition) is 1. The maximum absolute atomic E-state index is 13.6. The van der Waals surface area contributed by atoms with Crippen LogP contribution in [0.1, 0.15) is 17.8 Å². The van der Waals surface area contributed by atoms with Crippen molar-refractivity contribution in [3.63, 3.8) is 0 Å². The molecule has 5 heteroatoms. The fourth-order valence-corrected chi connectivity index (χ4v) is 3.08. The van der Waals surface area contributed by atoms with Crippen molar-refractivity contribution in [3.05, 3.63) is 53.9 Å². The second-order valence-corrected chi connectivity index (χ2v) is 5.80. The van der Waals surface area contributed by atoms with Gasteiger partial charge in [0.25, 0.3) is 0 Å². The minimum Gasteiger partial charge on any atom is -0.380 e. The first-order valence-electron chi connectivity index (χ1n) is 7.19. The Morgan fingerprint density at radius 1 is 1.48 bits per heavy atom. The second-order valence-electron chi connectivity index (χ2n) is 5.80. The van der Waals surface area contributed by atoms with E-state index in [0.29, 0.717) is 6.61 Å². The van der Waals surface area contributed by atoms with Gasteiger partial charge in [0.2, 0.25) is 0 Å². The van der Waals surface area contributed by atoms with Crippen molar-refractivity contribution < 1.29 is 9.13 Å². The Labute approximate surface area is 124 Å². The molecule has 0 bridgehead atoms. The maximum atomic E-state index is 13.6. The topological polar surface area (TPSA) is 41.2 Å². The van der Waals surface area contributed by atoms with Gasteiger partial charge in [-0.3, -0.25) is 4.90 Å². The fraction of sp³-hybridized carbons (Fsp3) is 0.438. The largest absolute Gasteiger partial charge is 0.380 e. The van der Waals surface area contributed by atoms with E-state index in [1.807, 2.05) is 12.3 Å². The van der Waals surface area contributed by atoms with E-state index in [4.69, 9.17) is 4.74 Å². The minimum atomic E-state index is -0.188. The molecule has 1 saturated heterocycles. The van der Waals surface area contributed by atoms with Crippen molar-refractivity contribution in [1.82, 2.24) is 14.9 Å². The molecule has 0 unspecified atom stereocenters. The first-order chi connectivity index (χ1) is 10.2. The van der Waals surface area contributed by atoms with Crippen molar-refractivity contribution in [1.29, 1.82) is 0 Å². The van der Waals surface area contributed by atoms with Crippen molar-refractivity contribution >= 4 is 0 Å². The lowest BCUT2D eigenvalue weighted by Gasteiger charge is -2.32. The molecule has 3 rings (SSSR count). The number of imidazole rings is 1. The molecule has 112 valence electrons. The molecule has 0 saturated carbocycles. The molecule has 2 heterocycles. The van der Waals surface area contributed by atoms with Crippen molar-refractivity contribution in [3.8, 4) is 0 Å². The predicted octanol–water partition coefficient (Wildman–Crippen LogP) is 2.34. The average Bonchev–Trinajstić information content (AvgIpc) is 3.11. The maximum Gasteiger partial charge on any atom is 0.123 e. The van der Waals surface area contributed by atoms with Gasteiger partial charge >= 0.3 is 0 Å². The normalized spacial score (nSPS) is 22.0. The minimum absolute atomic E-state index is 0.135. The van der Waals surface area contributed by atoms with Crippen LogP contribution in [-0.4, -0.2) is 41.7 Å². The number of halogens is 1. The van der Waals surface area contributed by atoms with Crippen LogP contribution in [0.5, 0.6) is 0 Å². The highest BCUT2D eigenvalue weighted by atomic mass is 19.1. The fourth-order valence-electron chi connectivity index (χ4n) is 3.08. The number of hydrogen-bond acceptors (Lipinski definition) is 3. The van der Waals surface area contributed by atoms with Crippen LogP contribution in [-0.2, 0) is 16.7 Å². The lowest BCUT2D eigenvalue weighted by Crippen LogP contribution is -2.39. The highest BCUT2D eigenvalue weighted by Gasteiger charge is 2.38. The molecule has 1 aliphatic heterocycles. The van der Waals surface area contributed by atoms with Gasteiger partial charge in [0.1, 0.15) is 11.6 Å². The average molecular weight is 289 g/mol. The molecule has 1 aromatic heterocycles. The highest BCUT2D eigenvalue weighted by Crippen LogP contribution is 2.34. The molecule has 1 aromatic carbocycles. The van der Waals surface area contributed by atoms with Gasteiger partial charge in [-0.25, -0.2) is 9.37 Å². The third kappa shape index (κ3) is 3.14. The molecule has 0 radical (unpaired) electrons. The summed E-state index contributed by atoms with van der Waals surface area (Å²) in [7, 11) is 2.06. The summed E-state index contributed by atoms with van der Waals surface area (Å²) >= 11 is 0. The van der Waals surface area contributed by atoms with E-state index in [1.54, 1.807) is 18.3 Å². The van der Waals surface area contributed by atoms with Crippen LogP contribution in [0.4, 0.5) is 4.39 Å². The Hall–Kier alpha value is -1.72. The lowest BCUT2D eigenvalue weighted by molar-refractivity contribution is 0.156. The van der Waals surface area contributed by atoms with E-state index in [1.165, 1.54) is 6.07 Å². The second kappa shape index (κ2) is 5.95. The van der Waals surface area contributed by atoms with E-state index in [9.17, 15) is 4.39 Å². The summed E-state index contributed by atoms with van der Waals surface area (Å²) in [5, 5.41) is 0. The van der Waals surface area contributed by atoms with E-state index in [-0.39, 0.29) is 11.2 Å². The lowest BCUT2D eigenvalue weighted by atomic mass is 9.79. The molecule has 21 heavy (non-hydrogen) atoms. The van der Waals surface area contributed by atoms with Crippen LogP contribution < -0.4 is 0 Å². The van der Waals surface area contributed by atoms with Crippen LogP contribution in [0.15, 0.2) is 36.7 Å². The van der Waals surface area contributed by atoms with Gasteiger partial charge < -0.3 is 9.72 Å². The van der Waals surface area contributed by atoms with Crippen molar-refractivity contribution in [2.24, 2.45) is 0 Å². The van der Waals surface area contributed by atoms with E-state index < -0.39 is 0 Å². The highest BCUT2D eigenvalue weighted by molar-refractivity contribution is 5.28. The van der Waals surface area contributed by atoms with E-state index in [2.05, 4.69) is 21.9 Å². The summed E-state index contributed by atoms with van der Waals surface area (Å²) in [5.74, 6) is 0.748. The van der Waals surface area contributed by atoms with Gasteiger partial charge in [-0.2, -0.15) is 0 Å². The molecule has 4 nitrogen and oxygen atoms in total. The van der Waals surface area contributed by atoms with Crippen LogP contribution in [0.25, 0.3) is 0 Å². The van der Waals surface area contributed by atoms with Gasteiger partial charge in [0.05, 0.1) is 13.2 Å². The summed E-state index contributed by atoms with van der Waals surface area (Å²) in [6.07, 6.45) is 4.49. The van der Waals surface area contributed by atoms with Crippen LogP contribution in [0.2, 0.25) is 0 Å². The molecular weight excluding hydrogens is 269 g/mol. The molecule has 0 aliphatic carbocycles. The van der Waals surface area contributed by atoms with Crippen LogP contribution in [0, 0.1) is 5.82 Å². The molecule has 1 fully saturated rings. The Morgan fingerprint density at radius 2 is 2.38 bits per heavy atom. The number of ether oxygens (including phenoxy) is 1. The summed E-state index contributed by atoms with van der Waals surface area (Å²) in [6, 6.07) is 6.89. The molecule has 0 spiro atoms. The van der Waals surface area contributed by atoms with Crippen LogP contribution in [0.3, 0.4) is 0 Å². The first-order valence-corrected chi connectivity index (χ1v) is 7.19. The standard InChI is InChI=1S/C16H20FN3O/c1-20(10-15-18-6-7-19-15)11-16(5-8-21-12-16)13-3-2-4-14(17)9-13/h2-4,6-7,9H,5,8,10-12H2,1H3,(H,18,19)/t16-/m0/s1. The predicted molar refractivity (Wildman–Crippen MR) is 78.4 cm³/mol. The molecule has 1 aliphatic rings. The van der Waals surface area contributed by atoms with Gasteiger partial charge in [-0.05, 0) is 31.2 Å².